The number of aliphatic imine (C=N–C) groups is 2. The molecule has 0 aliphatic carbocycles. The fourth-order valence-electron chi connectivity index (χ4n) is 3.72. The van der Waals surface area contributed by atoms with Crippen molar-refractivity contribution in [2.45, 2.75) is 37.0 Å². The van der Waals surface area contributed by atoms with Gasteiger partial charge >= 0.3 is 12.4 Å². The number of hydrogen-bond donors (Lipinski definition) is 3. The molecule has 41 heavy (non-hydrogen) atoms. The van der Waals surface area contributed by atoms with Crippen molar-refractivity contribution in [3.05, 3.63) is 53.3 Å². The van der Waals surface area contributed by atoms with Crippen LogP contribution in [0.25, 0.3) is 0 Å². The van der Waals surface area contributed by atoms with E-state index in [4.69, 9.17) is 9.98 Å². The van der Waals surface area contributed by atoms with E-state index in [2.05, 4.69) is 72.2 Å². The first-order valence-electron chi connectivity index (χ1n) is 12.9. The van der Waals surface area contributed by atoms with Gasteiger partial charge < -0.3 is 15.5 Å². The Hall–Kier alpha value is -2.79. The van der Waals surface area contributed by atoms with E-state index in [0.717, 1.165) is 70.3 Å². The van der Waals surface area contributed by atoms with Gasteiger partial charge in [0.25, 0.3) is 0 Å². The van der Waals surface area contributed by atoms with Crippen molar-refractivity contribution in [3.63, 3.8) is 0 Å². The number of amidine groups is 2. The Morgan fingerprint density at radius 3 is 2.15 bits per heavy atom. The van der Waals surface area contributed by atoms with Crippen LogP contribution in [0.2, 0.25) is 0 Å². The Balaban J connectivity index is 0.000000425. The summed E-state index contributed by atoms with van der Waals surface area (Å²) < 4.78 is 72.8. The number of nitrogens with zero attached hydrogens (tertiary/aromatic N) is 4. The van der Waals surface area contributed by atoms with Gasteiger partial charge in [0.15, 0.2) is 0 Å². The van der Waals surface area contributed by atoms with Crippen LogP contribution in [-0.4, -0.2) is 81.4 Å². The molecule has 0 spiro atoms. The molecule has 2 aliphatic rings. The predicted octanol–water partition coefficient (Wildman–Crippen LogP) is 5.36. The van der Waals surface area contributed by atoms with Crippen LogP contribution < -0.4 is 10.6 Å². The first-order chi connectivity index (χ1) is 19.3. The number of hydrogen-bond acceptors (Lipinski definition) is 6. The van der Waals surface area contributed by atoms with Gasteiger partial charge in [-0.05, 0) is 58.3 Å². The maximum atomic E-state index is 12.1. The average Bonchev–Trinajstić information content (AvgIpc) is 2.90. The highest BCUT2D eigenvalue weighted by atomic mass is 32.1. The number of benzene rings is 1. The fourth-order valence-corrected chi connectivity index (χ4v) is 4.00. The van der Waals surface area contributed by atoms with Gasteiger partial charge in [-0.25, -0.2) is 4.99 Å². The topological polar surface area (TPSA) is 55.3 Å². The molecule has 0 bridgehead atoms. The Morgan fingerprint density at radius 2 is 1.63 bits per heavy atom. The number of thiol groups is 1. The summed E-state index contributed by atoms with van der Waals surface area (Å²) in [4.78, 5) is 13.7. The first kappa shape index (κ1) is 36.2. The molecule has 228 valence electrons. The van der Waals surface area contributed by atoms with E-state index in [9.17, 15) is 26.3 Å². The van der Waals surface area contributed by atoms with Gasteiger partial charge in [0.2, 0.25) is 0 Å². The molecule has 2 N–H and O–H groups in total. The van der Waals surface area contributed by atoms with E-state index in [1.54, 1.807) is 0 Å². The van der Waals surface area contributed by atoms with E-state index < -0.39 is 23.5 Å². The maximum absolute atomic E-state index is 12.1. The molecule has 1 aromatic rings. The molecule has 2 heterocycles. The SMILES string of the molecule is C#C.C/C=C\C=C1/CC(=NCCCN(C)C)N=C(CN2CCNCC2)N1.FC(F)(F)c1cc(S)cc(C(F)(F)F)c1. The summed E-state index contributed by atoms with van der Waals surface area (Å²) in [5.74, 6) is 1.97. The third-order valence-corrected chi connectivity index (χ3v) is 5.88. The van der Waals surface area contributed by atoms with E-state index in [0.29, 0.717) is 12.1 Å². The van der Waals surface area contributed by atoms with Crippen molar-refractivity contribution in [1.82, 2.24) is 20.4 Å². The second-order valence-corrected chi connectivity index (χ2v) is 9.84. The Bertz CT molecular complexity index is 1050. The van der Waals surface area contributed by atoms with Crippen molar-refractivity contribution in [2.24, 2.45) is 9.98 Å². The van der Waals surface area contributed by atoms with Crippen LogP contribution in [0.1, 0.15) is 30.9 Å². The quantitative estimate of drug-likeness (QED) is 0.170. The molecule has 2 aliphatic heterocycles. The van der Waals surface area contributed by atoms with Crippen LogP contribution in [0.15, 0.2) is 57.0 Å². The minimum atomic E-state index is -4.81. The van der Waals surface area contributed by atoms with Gasteiger partial charge in [-0.2, -0.15) is 26.3 Å². The molecule has 0 unspecified atom stereocenters. The van der Waals surface area contributed by atoms with Gasteiger partial charge in [-0.3, -0.25) is 9.89 Å². The summed E-state index contributed by atoms with van der Waals surface area (Å²) in [5, 5.41) is 6.87. The van der Waals surface area contributed by atoms with Gasteiger partial charge in [-0.15, -0.1) is 25.5 Å². The normalized spacial score (nSPS) is 18.4. The first-order valence-corrected chi connectivity index (χ1v) is 13.3. The highest BCUT2D eigenvalue weighted by molar-refractivity contribution is 7.80. The van der Waals surface area contributed by atoms with Crippen molar-refractivity contribution in [3.8, 4) is 12.8 Å². The van der Waals surface area contributed by atoms with E-state index in [1.807, 2.05) is 13.0 Å². The van der Waals surface area contributed by atoms with Gasteiger partial charge in [0.1, 0.15) is 11.7 Å². The second-order valence-electron chi connectivity index (χ2n) is 9.32. The van der Waals surface area contributed by atoms with Gasteiger partial charge in [0.05, 0.1) is 17.7 Å². The molecule has 0 amide bonds. The minimum Gasteiger partial charge on any atom is -0.346 e. The molecule has 0 saturated carbocycles. The molecule has 1 fully saturated rings. The van der Waals surface area contributed by atoms with Crippen molar-refractivity contribution in [1.29, 1.82) is 0 Å². The molecule has 0 aromatic heterocycles. The summed E-state index contributed by atoms with van der Waals surface area (Å²) in [6.45, 7) is 9.06. The van der Waals surface area contributed by atoms with E-state index in [1.165, 1.54) is 5.70 Å². The molecule has 0 radical (unpaired) electrons. The monoisotopic (exact) mass is 604 g/mol. The second kappa shape index (κ2) is 17.9. The Kier molecular flexibility index (Phi) is 15.8. The number of rotatable bonds is 7. The predicted molar refractivity (Wildman–Crippen MR) is 156 cm³/mol. The Morgan fingerprint density at radius 1 is 1.05 bits per heavy atom. The van der Waals surface area contributed by atoms with Gasteiger partial charge in [-0.1, -0.05) is 12.2 Å². The largest absolute Gasteiger partial charge is 0.416 e. The molecule has 1 saturated heterocycles. The highest BCUT2D eigenvalue weighted by Crippen LogP contribution is 2.36. The Labute approximate surface area is 244 Å². The minimum absolute atomic E-state index is 0.0553. The highest BCUT2D eigenvalue weighted by Gasteiger charge is 2.36. The zero-order valence-electron chi connectivity index (χ0n) is 23.5. The molecular formula is C28H38F6N6S. The number of terminal acetylenes is 1. The lowest BCUT2D eigenvalue weighted by Gasteiger charge is -2.29. The van der Waals surface area contributed by atoms with E-state index in [-0.39, 0.29) is 11.0 Å². The van der Waals surface area contributed by atoms with Crippen LogP contribution in [0, 0.1) is 12.8 Å². The third-order valence-electron chi connectivity index (χ3n) is 5.62. The van der Waals surface area contributed by atoms with Crippen LogP contribution >= 0.6 is 12.6 Å². The van der Waals surface area contributed by atoms with Crippen molar-refractivity contribution in [2.75, 3.05) is 59.9 Å². The van der Waals surface area contributed by atoms with Crippen LogP contribution in [0.4, 0.5) is 26.3 Å². The molecule has 0 atom stereocenters. The summed E-state index contributed by atoms with van der Waals surface area (Å²) in [6, 6.07) is 1.14. The molecule has 6 nitrogen and oxygen atoms in total. The molecular weight excluding hydrogens is 566 g/mol. The van der Waals surface area contributed by atoms with Crippen LogP contribution in [0.5, 0.6) is 0 Å². The zero-order valence-corrected chi connectivity index (χ0v) is 24.4. The van der Waals surface area contributed by atoms with Crippen LogP contribution in [-0.2, 0) is 12.4 Å². The standard InChI is InChI=1S/C18H32N6.C8H4F6S.C2H2/c1-4-5-7-16-14-17(20-8-6-11-23(2)3)22-18(21-16)15-24-12-9-19-10-13-24;9-7(10,11)4-1-5(8(12,13)14)3-6(15)2-4;1-2/h4-5,7,19H,6,8-15H2,1-3H3,(H,20,21,22);1-3,15H;1-2H/b5-4-,16-7+;;. The maximum Gasteiger partial charge on any atom is 0.416 e. The zero-order chi connectivity index (χ0) is 31.1. The van der Waals surface area contributed by atoms with E-state index >= 15 is 0 Å². The number of alkyl halides is 6. The molecule has 13 heteroatoms. The lowest BCUT2D eigenvalue weighted by molar-refractivity contribution is -0.143. The lowest BCUT2D eigenvalue weighted by atomic mass is 10.1. The summed E-state index contributed by atoms with van der Waals surface area (Å²) in [6.07, 6.45) is 6.49. The summed E-state index contributed by atoms with van der Waals surface area (Å²) in [7, 11) is 4.19. The van der Waals surface area contributed by atoms with Crippen molar-refractivity contribution < 1.29 is 26.3 Å². The number of allylic oxidation sites excluding steroid dienone is 3. The molecule has 1 aromatic carbocycles. The average molecular weight is 605 g/mol. The van der Waals surface area contributed by atoms with Crippen molar-refractivity contribution >= 4 is 24.3 Å². The van der Waals surface area contributed by atoms with Gasteiger partial charge in [0, 0.05) is 49.7 Å². The third kappa shape index (κ3) is 14.6. The molecule has 3 rings (SSSR count). The smallest absolute Gasteiger partial charge is 0.346 e. The fraction of sp³-hybridized carbons (Fsp3) is 0.500. The summed E-state index contributed by atoms with van der Waals surface area (Å²) in [5.41, 5.74) is -1.54. The lowest BCUT2D eigenvalue weighted by Crippen LogP contribution is -2.48. The van der Waals surface area contributed by atoms with Crippen LogP contribution in [0.3, 0.4) is 0 Å². The number of piperazine rings is 1. The summed E-state index contributed by atoms with van der Waals surface area (Å²) >= 11 is 3.49. The number of halogens is 6. The number of nitrogens with one attached hydrogen (secondary N) is 2.